The largest absolute Gasteiger partial charge is 0.462 e. The van der Waals surface area contributed by atoms with Crippen LogP contribution in [0.5, 0.6) is 0 Å². The molecule has 0 aromatic carbocycles. The molecule has 0 saturated heterocycles. The van der Waals surface area contributed by atoms with E-state index in [1.807, 2.05) is 0 Å². The van der Waals surface area contributed by atoms with E-state index >= 15 is 0 Å². The van der Waals surface area contributed by atoms with Crippen LogP contribution in [0.1, 0.15) is 380 Å². The predicted molar refractivity (Wildman–Crippen MR) is 335 cm³/mol. The zero-order valence-electron chi connectivity index (χ0n) is 52.0. The molecule has 0 radical (unpaired) electrons. The number of unbranched alkanes of at least 4 members (excludes halogenated alkanes) is 47. The number of rotatable bonds is 64. The van der Waals surface area contributed by atoms with Crippen LogP contribution in [0, 0.1) is 0 Å². The van der Waals surface area contributed by atoms with Crippen molar-refractivity contribution in [3.63, 3.8) is 0 Å². The molecule has 0 aliphatic rings. The molecule has 0 aliphatic heterocycles. The summed E-state index contributed by atoms with van der Waals surface area (Å²) in [5, 5.41) is 0. The van der Waals surface area contributed by atoms with Gasteiger partial charge < -0.3 is 14.2 Å². The third-order valence-corrected chi connectivity index (χ3v) is 15.6. The Bertz CT molecular complexity index is 1290. The first-order valence-electron chi connectivity index (χ1n) is 34.5. The molecule has 1 unspecified atom stereocenters. The highest BCUT2D eigenvalue weighted by molar-refractivity contribution is 5.71. The van der Waals surface area contributed by atoms with E-state index in [1.54, 1.807) is 0 Å². The molecule has 77 heavy (non-hydrogen) atoms. The predicted octanol–water partition coefficient (Wildman–Crippen LogP) is 23.6. The first-order valence-corrected chi connectivity index (χ1v) is 34.5. The maximum atomic E-state index is 12.9. The van der Waals surface area contributed by atoms with Crippen LogP contribution in [0.15, 0.2) is 36.5 Å². The molecule has 0 bridgehead atoms. The molecule has 0 aliphatic carbocycles. The fourth-order valence-corrected chi connectivity index (χ4v) is 10.4. The van der Waals surface area contributed by atoms with E-state index < -0.39 is 6.10 Å². The van der Waals surface area contributed by atoms with Crippen molar-refractivity contribution in [1.82, 2.24) is 0 Å². The molecule has 0 aromatic heterocycles. The smallest absolute Gasteiger partial charge is 0.306 e. The van der Waals surface area contributed by atoms with Crippen LogP contribution in [-0.2, 0) is 28.6 Å². The number of hydrogen-bond donors (Lipinski definition) is 0. The summed E-state index contributed by atoms with van der Waals surface area (Å²) in [4.78, 5) is 38.2. The molecule has 0 saturated carbocycles. The molecular weight excluding hydrogens is 949 g/mol. The highest BCUT2D eigenvalue weighted by Gasteiger charge is 2.19. The second kappa shape index (κ2) is 66.1. The van der Waals surface area contributed by atoms with Gasteiger partial charge in [0.05, 0.1) is 0 Å². The zero-order chi connectivity index (χ0) is 55.7. The quantitative estimate of drug-likeness (QED) is 0.0261. The zero-order valence-corrected chi connectivity index (χ0v) is 52.0. The van der Waals surface area contributed by atoms with Crippen molar-refractivity contribution in [2.75, 3.05) is 13.2 Å². The Kier molecular flexibility index (Phi) is 64.1. The third-order valence-electron chi connectivity index (χ3n) is 15.6. The summed E-state index contributed by atoms with van der Waals surface area (Å²) in [7, 11) is 0. The van der Waals surface area contributed by atoms with Gasteiger partial charge in [-0.3, -0.25) is 14.4 Å². The minimum Gasteiger partial charge on any atom is -0.462 e. The topological polar surface area (TPSA) is 78.9 Å². The van der Waals surface area contributed by atoms with E-state index in [1.165, 1.54) is 250 Å². The minimum absolute atomic E-state index is 0.0726. The molecule has 452 valence electrons. The van der Waals surface area contributed by atoms with Crippen molar-refractivity contribution >= 4 is 17.9 Å². The lowest BCUT2D eigenvalue weighted by atomic mass is 10.0. The highest BCUT2D eigenvalue weighted by atomic mass is 16.6. The minimum atomic E-state index is -0.776. The standard InChI is InChI=1S/C71H132O6/c1-4-7-10-13-16-19-22-25-26-27-28-29-30-31-32-33-34-35-36-37-38-39-40-41-42-43-44-47-49-52-55-58-61-64-70(73)76-67-68(77-71(74)65-62-59-56-53-50-46-24-21-18-15-12-9-6-3)66-75-69(72)63-60-57-54-51-48-45-23-20-17-14-11-8-5-2/h12,15,21,24,27-28,68H,4-11,13-14,16-20,22-23,25-26,29-67H2,1-3H3/b15-12-,24-21-,28-27-. The highest BCUT2D eigenvalue weighted by Crippen LogP contribution is 2.18. The lowest BCUT2D eigenvalue weighted by Crippen LogP contribution is -2.30. The molecule has 6 heteroatoms. The number of esters is 3. The molecule has 0 fully saturated rings. The molecule has 0 amide bonds. The molecule has 1 atom stereocenters. The Morgan fingerprint density at radius 3 is 0.779 bits per heavy atom. The van der Waals surface area contributed by atoms with E-state index in [0.717, 1.165) is 89.9 Å². The van der Waals surface area contributed by atoms with Gasteiger partial charge in [0, 0.05) is 19.3 Å². The molecular formula is C71H132O6. The Labute approximate surface area is 480 Å². The van der Waals surface area contributed by atoms with Crippen molar-refractivity contribution in [3.05, 3.63) is 36.5 Å². The van der Waals surface area contributed by atoms with Crippen molar-refractivity contribution in [1.29, 1.82) is 0 Å². The SMILES string of the molecule is CCC/C=C\C/C=C\CCCCCCCC(=O)OC(COC(=O)CCCCCCCCCCCCCCC)COC(=O)CCCCCCCCCCCCCCCCCCCCCCC/C=C\CCCCCCCCCC. The van der Waals surface area contributed by atoms with Crippen LogP contribution in [-0.4, -0.2) is 37.2 Å². The molecule has 0 heterocycles. The van der Waals surface area contributed by atoms with Crippen LogP contribution >= 0.6 is 0 Å². The molecule has 0 rings (SSSR count). The summed E-state index contributed by atoms with van der Waals surface area (Å²) in [6, 6.07) is 0. The number of carbonyl (C=O) groups is 3. The Morgan fingerprint density at radius 1 is 0.260 bits per heavy atom. The van der Waals surface area contributed by atoms with Gasteiger partial charge in [0.25, 0.3) is 0 Å². The maximum Gasteiger partial charge on any atom is 0.306 e. The van der Waals surface area contributed by atoms with E-state index in [9.17, 15) is 14.4 Å². The van der Waals surface area contributed by atoms with Crippen LogP contribution in [0.25, 0.3) is 0 Å². The number of carbonyl (C=O) groups excluding carboxylic acids is 3. The molecule has 0 aromatic rings. The van der Waals surface area contributed by atoms with Crippen molar-refractivity contribution in [2.45, 2.75) is 386 Å². The van der Waals surface area contributed by atoms with Gasteiger partial charge in [0.2, 0.25) is 0 Å². The Hall–Kier alpha value is -2.37. The van der Waals surface area contributed by atoms with Gasteiger partial charge in [-0.1, -0.05) is 327 Å². The lowest BCUT2D eigenvalue weighted by molar-refractivity contribution is -0.167. The molecule has 0 spiro atoms. The van der Waals surface area contributed by atoms with E-state index in [-0.39, 0.29) is 31.1 Å². The van der Waals surface area contributed by atoms with Crippen LogP contribution in [0.4, 0.5) is 0 Å². The summed E-state index contributed by atoms with van der Waals surface area (Å²) in [6.07, 6.45) is 81.9. The average Bonchev–Trinajstić information content (AvgIpc) is 3.43. The van der Waals surface area contributed by atoms with Crippen LogP contribution < -0.4 is 0 Å². The summed E-state index contributed by atoms with van der Waals surface area (Å²) in [6.45, 7) is 6.62. The normalized spacial score (nSPS) is 12.2. The van der Waals surface area contributed by atoms with Gasteiger partial charge in [0.1, 0.15) is 13.2 Å². The fraction of sp³-hybridized carbons (Fsp3) is 0.873. The number of ether oxygens (including phenoxy) is 3. The van der Waals surface area contributed by atoms with Gasteiger partial charge in [0.15, 0.2) is 6.10 Å². The Morgan fingerprint density at radius 2 is 0.494 bits per heavy atom. The average molecular weight is 1080 g/mol. The van der Waals surface area contributed by atoms with Gasteiger partial charge in [-0.25, -0.2) is 0 Å². The second-order valence-electron chi connectivity index (χ2n) is 23.4. The molecule has 6 nitrogen and oxygen atoms in total. The number of allylic oxidation sites excluding steroid dienone is 6. The maximum absolute atomic E-state index is 12.9. The van der Waals surface area contributed by atoms with Crippen molar-refractivity contribution < 1.29 is 28.6 Å². The fourth-order valence-electron chi connectivity index (χ4n) is 10.4. The summed E-state index contributed by atoms with van der Waals surface area (Å²) < 4.78 is 16.9. The van der Waals surface area contributed by atoms with E-state index in [0.29, 0.717) is 19.3 Å². The lowest BCUT2D eigenvalue weighted by Gasteiger charge is -2.18. The first-order chi connectivity index (χ1) is 38.0. The summed E-state index contributed by atoms with van der Waals surface area (Å²) >= 11 is 0. The van der Waals surface area contributed by atoms with E-state index in [2.05, 4.69) is 57.2 Å². The van der Waals surface area contributed by atoms with Crippen LogP contribution in [0.3, 0.4) is 0 Å². The Balaban J connectivity index is 4.05. The van der Waals surface area contributed by atoms with Gasteiger partial charge >= 0.3 is 17.9 Å². The van der Waals surface area contributed by atoms with Gasteiger partial charge in [-0.2, -0.15) is 0 Å². The summed E-state index contributed by atoms with van der Waals surface area (Å²) in [5.74, 6) is -0.863. The first kappa shape index (κ1) is 74.6. The van der Waals surface area contributed by atoms with Gasteiger partial charge in [-0.05, 0) is 70.6 Å². The molecule has 0 N–H and O–H groups in total. The van der Waals surface area contributed by atoms with Crippen LogP contribution in [0.2, 0.25) is 0 Å². The van der Waals surface area contributed by atoms with Crippen molar-refractivity contribution in [2.24, 2.45) is 0 Å². The second-order valence-corrected chi connectivity index (χ2v) is 23.4. The van der Waals surface area contributed by atoms with Crippen molar-refractivity contribution in [3.8, 4) is 0 Å². The third kappa shape index (κ3) is 64.3. The monoisotopic (exact) mass is 1080 g/mol. The van der Waals surface area contributed by atoms with E-state index in [4.69, 9.17) is 14.2 Å². The van der Waals surface area contributed by atoms with Gasteiger partial charge in [-0.15, -0.1) is 0 Å². The number of hydrogen-bond acceptors (Lipinski definition) is 6. The summed E-state index contributed by atoms with van der Waals surface area (Å²) in [5.41, 5.74) is 0.